The van der Waals surface area contributed by atoms with Crippen LogP contribution in [0.2, 0.25) is 0 Å². The van der Waals surface area contributed by atoms with Crippen LogP contribution in [0.5, 0.6) is 0 Å². The first-order chi connectivity index (χ1) is 8.39. The van der Waals surface area contributed by atoms with Crippen LogP contribution < -0.4 is 5.73 Å². The third kappa shape index (κ3) is 2.89. The molecule has 0 radical (unpaired) electrons. The van der Waals surface area contributed by atoms with E-state index in [1.165, 1.54) is 12.1 Å². The zero-order chi connectivity index (χ0) is 13.3. The molecule has 0 amide bonds. The molecule has 100 valence electrons. The van der Waals surface area contributed by atoms with E-state index >= 15 is 0 Å². The second-order valence-corrected chi connectivity index (χ2v) is 5.97. The maximum Gasteiger partial charge on any atom is 0.126 e. The molecule has 2 rings (SSSR count). The molecular formula is C15H21F2N. The Morgan fingerprint density at radius 1 is 1.22 bits per heavy atom. The van der Waals surface area contributed by atoms with Gasteiger partial charge in [0.2, 0.25) is 0 Å². The van der Waals surface area contributed by atoms with Crippen molar-refractivity contribution in [3.8, 4) is 0 Å². The molecule has 0 saturated heterocycles. The monoisotopic (exact) mass is 253 g/mol. The summed E-state index contributed by atoms with van der Waals surface area (Å²) in [5.41, 5.74) is 6.79. The fraction of sp³-hybridized carbons (Fsp3) is 0.600. The molecule has 2 N–H and O–H groups in total. The lowest BCUT2D eigenvalue weighted by Gasteiger charge is -2.42. The van der Waals surface area contributed by atoms with E-state index in [1.54, 1.807) is 0 Å². The van der Waals surface area contributed by atoms with Crippen molar-refractivity contribution in [1.29, 1.82) is 0 Å². The number of rotatable bonds is 2. The van der Waals surface area contributed by atoms with Crippen LogP contribution in [0.1, 0.15) is 38.7 Å². The third-order valence-corrected chi connectivity index (χ3v) is 4.30. The summed E-state index contributed by atoms with van der Waals surface area (Å²) in [4.78, 5) is 0. The summed E-state index contributed by atoms with van der Waals surface area (Å²) in [6.45, 7) is 4.38. The van der Waals surface area contributed by atoms with Gasteiger partial charge in [-0.15, -0.1) is 0 Å². The molecule has 3 unspecified atom stereocenters. The van der Waals surface area contributed by atoms with Gasteiger partial charge in [0.15, 0.2) is 0 Å². The van der Waals surface area contributed by atoms with Crippen LogP contribution in [0.25, 0.3) is 0 Å². The van der Waals surface area contributed by atoms with E-state index in [9.17, 15) is 8.78 Å². The summed E-state index contributed by atoms with van der Waals surface area (Å²) in [6.07, 6.45) is 3.66. The van der Waals surface area contributed by atoms with Gasteiger partial charge in [0.25, 0.3) is 0 Å². The number of halogens is 2. The Balaban J connectivity index is 2.16. The zero-order valence-corrected chi connectivity index (χ0v) is 11.0. The predicted molar refractivity (Wildman–Crippen MR) is 69.2 cm³/mol. The van der Waals surface area contributed by atoms with Crippen molar-refractivity contribution < 1.29 is 8.78 Å². The quantitative estimate of drug-likeness (QED) is 0.855. The summed E-state index contributed by atoms with van der Waals surface area (Å²) >= 11 is 0. The van der Waals surface area contributed by atoms with Crippen LogP contribution >= 0.6 is 0 Å². The van der Waals surface area contributed by atoms with Crippen molar-refractivity contribution in [3.63, 3.8) is 0 Å². The molecule has 1 aromatic rings. The molecular weight excluding hydrogens is 232 g/mol. The van der Waals surface area contributed by atoms with Crippen LogP contribution in [0.3, 0.4) is 0 Å². The topological polar surface area (TPSA) is 26.0 Å². The molecule has 1 aliphatic rings. The van der Waals surface area contributed by atoms with Crippen LogP contribution in [0.4, 0.5) is 8.78 Å². The van der Waals surface area contributed by atoms with Crippen LogP contribution in [0.15, 0.2) is 18.2 Å². The van der Waals surface area contributed by atoms with Crippen molar-refractivity contribution in [1.82, 2.24) is 0 Å². The van der Waals surface area contributed by atoms with Gasteiger partial charge in [-0.3, -0.25) is 0 Å². The minimum absolute atomic E-state index is 0.327. The summed E-state index contributed by atoms with van der Waals surface area (Å²) in [6, 6.07) is 3.68. The Morgan fingerprint density at radius 2 is 1.83 bits per heavy atom. The van der Waals surface area contributed by atoms with Crippen LogP contribution in [0, 0.1) is 23.5 Å². The first-order valence-corrected chi connectivity index (χ1v) is 6.63. The molecule has 3 heteroatoms. The maximum atomic E-state index is 13.2. The highest BCUT2D eigenvalue weighted by Crippen LogP contribution is 2.37. The first-order valence-electron chi connectivity index (χ1n) is 6.63. The third-order valence-electron chi connectivity index (χ3n) is 4.30. The van der Waals surface area contributed by atoms with Crippen molar-refractivity contribution in [3.05, 3.63) is 35.4 Å². The fourth-order valence-electron chi connectivity index (χ4n) is 3.07. The first kappa shape index (κ1) is 13.5. The van der Waals surface area contributed by atoms with Gasteiger partial charge in [-0.2, -0.15) is 0 Å². The number of benzene rings is 1. The largest absolute Gasteiger partial charge is 0.325 e. The van der Waals surface area contributed by atoms with E-state index in [-0.39, 0.29) is 5.54 Å². The second kappa shape index (κ2) is 4.96. The van der Waals surface area contributed by atoms with Gasteiger partial charge in [0.05, 0.1) is 0 Å². The average Bonchev–Trinajstić information content (AvgIpc) is 2.23. The molecule has 0 bridgehead atoms. The van der Waals surface area contributed by atoms with E-state index in [2.05, 4.69) is 13.8 Å². The molecule has 3 atom stereocenters. The van der Waals surface area contributed by atoms with E-state index in [1.807, 2.05) is 0 Å². The molecule has 1 aliphatic carbocycles. The summed E-state index contributed by atoms with van der Waals surface area (Å²) < 4.78 is 26.4. The highest BCUT2D eigenvalue weighted by Gasteiger charge is 2.36. The van der Waals surface area contributed by atoms with Gasteiger partial charge < -0.3 is 5.73 Å². The molecule has 0 heterocycles. The lowest BCUT2D eigenvalue weighted by Crippen LogP contribution is -2.51. The lowest BCUT2D eigenvalue weighted by atomic mass is 9.68. The highest BCUT2D eigenvalue weighted by molar-refractivity contribution is 5.21. The Morgan fingerprint density at radius 3 is 2.39 bits per heavy atom. The molecule has 0 aliphatic heterocycles. The molecule has 1 nitrogen and oxygen atoms in total. The summed E-state index contributed by atoms with van der Waals surface area (Å²) in [5, 5.41) is 0. The van der Waals surface area contributed by atoms with Gasteiger partial charge in [0.1, 0.15) is 11.6 Å². The average molecular weight is 253 g/mol. The molecule has 0 aromatic heterocycles. The summed E-state index contributed by atoms with van der Waals surface area (Å²) in [7, 11) is 0. The maximum absolute atomic E-state index is 13.2. The zero-order valence-electron chi connectivity index (χ0n) is 11.0. The van der Waals surface area contributed by atoms with Crippen LogP contribution in [-0.2, 0) is 6.42 Å². The normalized spacial score (nSPS) is 32.5. The van der Waals surface area contributed by atoms with E-state index in [0.29, 0.717) is 23.8 Å². The van der Waals surface area contributed by atoms with Crippen molar-refractivity contribution in [2.45, 2.75) is 45.1 Å². The highest BCUT2D eigenvalue weighted by atomic mass is 19.1. The van der Waals surface area contributed by atoms with Gasteiger partial charge in [-0.05, 0) is 55.2 Å². The molecule has 1 fully saturated rings. The van der Waals surface area contributed by atoms with Gasteiger partial charge >= 0.3 is 0 Å². The SMILES string of the molecule is CC1CCC(N)(Cc2cc(F)cc(F)c2)C(C)C1. The van der Waals surface area contributed by atoms with E-state index in [0.717, 1.165) is 25.3 Å². The van der Waals surface area contributed by atoms with E-state index < -0.39 is 11.6 Å². The predicted octanol–water partition coefficient (Wildman–Crippen LogP) is 3.66. The molecule has 18 heavy (non-hydrogen) atoms. The molecule has 1 saturated carbocycles. The fourth-order valence-corrected chi connectivity index (χ4v) is 3.07. The lowest BCUT2D eigenvalue weighted by molar-refractivity contribution is 0.163. The second-order valence-electron chi connectivity index (χ2n) is 5.97. The molecule has 1 aromatic carbocycles. The minimum atomic E-state index is -0.523. The van der Waals surface area contributed by atoms with Crippen molar-refractivity contribution in [2.75, 3.05) is 0 Å². The van der Waals surface area contributed by atoms with Crippen molar-refractivity contribution in [2.24, 2.45) is 17.6 Å². The minimum Gasteiger partial charge on any atom is -0.325 e. The summed E-state index contributed by atoms with van der Waals surface area (Å²) in [5.74, 6) is 0.0318. The standard InChI is InChI=1S/C15H21F2N/c1-10-3-4-15(18,11(2)5-10)9-12-6-13(16)8-14(17)7-12/h6-8,10-11H,3-5,9,18H2,1-2H3. The van der Waals surface area contributed by atoms with Crippen molar-refractivity contribution >= 4 is 0 Å². The Bertz CT molecular complexity index is 412. The van der Waals surface area contributed by atoms with E-state index in [4.69, 9.17) is 5.73 Å². The Labute approximate surface area is 107 Å². The van der Waals surface area contributed by atoms with Gasteiger partial charge in [-0.1, -0.05) is 13.8 Å². The Hall–Kier alpha value is -0.960. The number of nitrogens with two attached hydrogens (primary N) is 1. The molecule has 0 spiro atoms. The Kier molecular flexibility index (Phi) is 3.71. The van der Waals surface area contributed by atoms with Gasteiger partial charge in [-0.25, -0.2) is 8.78 Å². The van der Waals surface area contributed by atoms with Crippen LogP contribution in [-0.4, -0.2) is 5.54 Å². The number of hydrogen-bond donors (Lipinski definition) is 1. The smallest absolute Gasteiger partial charge is 0.126 e. The van der Waals surface area contributed by atoms with Gasteiger partial charge in [0, 0.05) is 11.6 Å². The number of hydrogen-bond acceptors (Lipinski definition) is 1.